The number of carbonyl (C=O) groups excluding carboxylic acids is 1. The van der Waals surface area contributed by atoms with E-state index in [0.29, 0.717) is 12.6 Å². The Morgan fingerprint density at radius 3 is 2.90 bits per heavy atom. The van der Waals surface area contributed by atoms with E-state index in [1.807, 2.05) is 19.2 Å². The van der Waals surface area contributed by atoms with E-state index in [1.54, 1.807) is 0 Å². The fourth-order valence-electron chi connectivity index (χ4n) is 2.62. The minimum Gasteiger partial charge on any atom is -0.369 e. The van der Waals surface area contributed by atoms with Gasteiger partial charge in [-0.1, -0.05) is 6.07 Å². The van der Waals surface area contributed by atoms with Crippen LogP contribution in [0.4, 0.5) is 5.82 Å². The predicted octanol–water partition coefficient (Wildman–Crippen LogP) is 1.04. The average molecular weight is 274 g/mol. The molecule has 0 radical (unpaired) electrons. The topological polar surface area (TPSA) is 71.2 Å². The van der Waals surface area contributed by atoms with Crippen LogP contribution < -0.4 is 16.0 Å². The summed E-state index contributed by atoms with van der Waals surface area (Å²) in [5.41, 5.74) is 6.26. The van der Waals surface area contributed by atoms with E-state index in [1.165, 1.54) is 18.4 Å². The minimum atomic E-state index is -0.423. The van der Waals surface area contributed by atoms with Crippen LogP contribution in [0.5, 0.6) is 0 Å². The van der Waals surface area contributed by atoms with Crippen LogP contribution in [0, 0.1) is 5.41 Å². The lowest BCUT2D eigenvalue weighted by molar-refractivity contribution is -0.125. The fraction of sp³-hybridized carbons (Fsp3) is 0.600. The molecule has 5 nitrogen and oxygen atoms in total. The maximum atomic E-state index is 11.5. The molecular weight excluding hydrogens is 252 g/mol. The molecule has 3 N–H and O–H groups in total. The molecule has 0 spiro atoms. The second-order valence-electron chi connectivity index (χ2n) is 6.28. The summed E-state index contributed by atoms with van der Waals surface area (Å²) in [6.07, 6.45) is 5.32. The van der Waals surface area contributed by atoms with Gasteiger partial charge >= 0.3 is 0 Å². The molecule has 1 saturated heterocycles. The molecule has 1 unspecified atom stereocenters. The number of hydrogen-bond donors (Lipinski definition) is 2. The van der Waals surface area contributed by atoms with Crippen molar-refractivity contribution in [2.75, 3.05) is 18.0 Å². The Bertz CT molecular complexity index is 497. The molecule has 1 amide bonds. The van der Waals surface area contributed by atoms with Crippen molar-refractivity contribution in [2.24, 2.45) is 11.1 Å². The third-order valence-electron chi connectivity index (χ3n) is 4.37. The van der Waals surface area contributed by atoms with Gasteiger partial charge in [0.1, 0.15) is 5.82 Å². The highest BCUT2D eigenvalue weighted by Crippen LogP contribution is 2.32. The zero-order valence-corrected chi connectivity index (χ0v) is 11.9. The number of aromatic nitrogens is 1. The molecular formula is C15H22N4O. The number of carbonyl (C=O) groups is 1. The number of nitrogens with zero attached hydrogens (tertiary/aromatic N) is 2. The van der Waals surface area contributed by atoms with Crippen LogP contribution in [0.15, 0.2) is 18.3 Å². The van der Waals surface area contributed by atoms with Crippen LogP contribution in [-0.4, -0.2) is 30.0 Å². The van der Waals surface area contributed by atoms with Gasteiger partial charge in [0, 0.05) is 31.9 Å². The molecule has 1 aliphatic carbocycles. The SMILES string of the molecule is CC1(C(N)=O)CCN(c2ccc(CNC3CC3)cn2)C1. The van der Waals surface area contributed by atoms with E-state index in [4.69, 9.17) is 5.73 Å². The smallest absolute Gasteiger partial charge is 0.225 e. The van der Waals surface area contributed by atoms with Crippen molar-refractivity contribution in [3.63, 3.8) is 0 Å². The van der Waals surface area contributed by atoms with Gasteiger partial charge < -0.3 is 16.0 Å². The maximum absolute atomic E-state index is 11.5. The minimum absolute atomic E-state index is 0.217. The third-order valence-corrected chi connectivity index (χ3v) is 4.37. The Morgan fingerprint density at radius 1 is 1.55 bits per heavy atom. The molecule has 2 aliphatic rings. The van der Waals surface area contributed by atoms with Crippen LogP contribution in [0.2, 0.25) is 0 Å². The zero-order chi connectivity index (χ0) is 14.2. The third kappa shape index (κ3) is 2.77. The van der Waals surface area contributed by atoms with Gasteiger partial charge in [-0.05, 0) is 37.8 Å². The number of primary amides is 1. The normalized spacial score (nSPS) is 25.9. The van der Waals surface area contributed by atoms with Crippen LogP contribution in [0.25, 0.3) is 0 Å². The molecule has 1 aromatic heterocycles. The number of amides is 1. The lowest BCUT2D eigenvalue weighted by Gasteiger charge is -2.21. The van der Waals surface area contributed by atoms with Gasteiger partial charge in [0.2, 0.25) is 5.91 Å². The molecule has 108 valence electrons. The zero-order valence-electron chi connectivity index (χ0n) is 11.9. The molecule has 1 atom stereocenters. The largest absolute Gasteiger partial charge is 0.369 e. The van der Waals surface area contributed by atoms with E-state index in [2.05, 4.69) is 21.3 Å². The van der Waals surface area contributed by atoms with E-state index in [9.17, 15) is 4.79 Å². The first-order chi connectivity index (χ1) is 9.57. The summed E-state index contributed by atoms with van der Waals surface area (Å²) in [5.74, 6) is 0.718. The molecule has 0 bridgehead atoms. The van der Waals surface area contributed by atoms with Crippen LogP contribution in [-0.2, 0) is 11.3 Å². The molecule has 20 heavy (non-hydrogen) atoms. The maximum Gasteiger partial charge on any atom is 0.225 e. The Labute approximate surface area is 119 Å². The fourth-order valence-corrected chi connectivity index (χ4v) is 2.62. The summed E-state index contributed by atoms with van der Waals surface area (Å²) < 4.78 is 0. The number of nitrogens with one attached hydrogen (secondary N) is 1. The standard InChI is InChI=1S/C15H22N4O/c1-15(14(16)20)6-7-19(10-15)13-5-2-11(9-18-13)8-17-12-3-4-12/h2,5,9,12,17H,3-4,6-8,10H2,1H3,(H2,16,20). The number of pyridine rings is 1. The molecule has 1 saturated carbocycles. The Kier molecular flexibility index (Phi) is 3.38. The summed E-state index contributed by atoms with van der Waals surface area (Å²) in [7, 11) is 0. The summed E-state index contributed by atoms with van der Waals surface area (Å²) >= 11 is 0. The first-order valence-corrected chi connectivity index (χ1v) is 7.30. The Hall–Kier alpha value is -1.62. The van der Waals surface area contributed by atoms with Crippen molar-refractivity contribution in [1.29, 1.82) is 0 Å². The first kappa shape index (κ1) is 13.4. The summed E-state index contributed by atoms with van der Waals surface area (Å²) in [6.45, 7) is 4.32. The first-order valence-electron chi connectivity index (χ1n) is 7.30. The van der Waals surface area contributed by atoms with E-state index >= 15 is 0 Å². The molecule has 0 aromatic carbocycles. The number of anilines is 1. The van der Waals surface area contributed by atoms with Crippen molar-refractivity contribution in [3.8, 4) is 0 Å². The molecule has 3 rings (SSSR count). The van der Waals surface area contributed by atoms with Crippen molar-refractivity contribution >= 4 is 11.7 Å². The van der Waals surface area contributed by atoms with Crippen molar-refractivity contribution in [2.45, 2.75) is 38.8 Å². The molecule has 5 heteroatoms. The highest BCUT2D eigenvalue weighted by Gasteiger charge is 2.39. The van der Waals surface area contributed by atoms with Crippen molar-refractivity contribution in [3.05, 3.63) is 23.9 Å². The molecule has 2 fully saturated rings. The van der Waals surface area contributed by atoms with Crippen LogP contribution in [0.1, 0.15) is 31.7 Å². The summed E-state index contributed by atoms with van der Waals surface area (Å²) in [6, 6.07) is 4.86. The lowest BCUT2D eigenvalue weighted by atomic mass is 9.89. The van der Waals surface area contributed by atoms with Gasteiger partial charge in [-0.15, -0.1) is 0 Å². The van der Waals surface area contributed by atoms with E-state index in [0.717, 1.165) is 25.3 Å². The van der Waals surface area contributed by atoms with Gasteiger partial charge in [-0.2, -0.15) is 0 Å². The van der Waals surface area contributed by atoms with Gasteiger partial charge in [0.25, 0.3) is 0 Å². The highest BCUT2D eigenvalue weighted by molar-refractivity contribution is 5.82. The lowest BCUT2D eigenvalue weighted by Crippen LogP contribution is -2.37. The van der Waals surface area contributed by atoms with Gasteiger partial charge in [-0.25, -0.2) is 4.98 Å². The quantitative estimate of drug-likeness (QED) is 0.841. The Balaban J connectivity index is 1.61. The second-order valence-corrected chi connectivity index (χ2v) is 6.28. The second kappa shape index (κ2) is 5.05. The monoisotopic (exact) mass is 274 g/mol. The van der Waals surface area contributed by atoms with Crippen LogP contribution in [0.3, 0.4) is 0 Å². The molecule has 2 heterocycles. The van der Waals surface area contributed by atoms with Crippen molar-refractivity contribution in [1.82, 2.24) is 10.3 Å². The van der Waals surface area contributed by atoms with Gasteiger partial charge in [0.15, 0.2) is 0 Å². The molecule has 1 aromatic rings. The summed E-state index contributed by atoms with van der Waals surface area (Å²) in [4.78, 5) is 18.1. The van der Waals surface area contributed by atoms with Gasteiger partial charge in [0.05, 0.1) is 5.41 Å². The number of hydrogen-bond acceptors (Lipinski definition) is 4. The van der Waals surface area contributed by atoms with Crippen molar-refractivity contribution < 1.29 is 4.79 Å². The van der Waals surface area contributed by atoms with E-state index < -0.39 is 5.41 Å². The number of rotatable bonds is 5. The average Bonchev–Trinajstić information content (AvgIpc) is 3.18. The van der Waals surface area contributed by atoms with Crippen LogP contribution >= 0.6 is 0 Å². The Morgan fingerprint density at radius 2 is 2.35 bits per heavy atom. The molecule has 1 aliphatic heterocycles. The number of nitrogens with two attached hydrogens (primary N) is 1. The predicted molar refractivity (Wildman–Crippen MR) is 78.2 cm³/mol. The van der Waals surface area contributed by atoms with Gasteiger partial charge in [-0.3, -0.25) is 4.79 Å². The highest BCUT2D eigenvalue weighted by atomic mass is 16.1. The van der Waals surface area contributed by atoms with E-state index in [-0.39, 0.29) is 5.91 Å². The summed E-state index contributed by atoms with van der Waals surface area (Å²) in [5, 5.41) is 3.48.